The van der Waals surface area contributed by atoms with Crippen molar-refractivity contribution in [2.75, 3.05) is 13.1 Å². The summed E-state index contributed by atoms with van der Waals surface area (Å²) in [5.41, 5.74) is 5.75. The Labute approximate surface area is 153 Å². The predicted octanol–water partition coefficient (Wildman–Crippen LogP) is 0.484. The number of nitrogens with zero attached hydrogens (tertiary/aromatic N) is 1. The first-order chi connectivity index (χ1) is 12.4. The van der Waals surface area contributed by atoms with Crippen molar-refractivity contribution in [3.05, 3.63) is 42.3 Å². The molecule has 0 aliphatic carbocycles. The van der Waals surface area contributed by atoms with Crippen molar-refractivity contribution in [3.8, 4) is 0 Å². The maximum absolute atomic E-state index is 12.5. The summed E-state index contributed by atoms with van der Waals surface area (Å²) < 4.78 is 0. The van der Waals surface area contributed by atoms with Crippen LogP contribution in [0.25, 0.3) is 0 Å². The summed E-state index contributed by atoms with van der Waals surface area (Å²) in [4.78, 5) is 37.2. The summed E-state index contributed by atoms with van der Waals surface area (Å²) >= 11 is 0. The number of nitrogens with two attached hydrogens (primary N) is 1. The van der Waals surface area contributed by atoms with Gasteiger partial charge >= 0.3 is 0 Å². The van der Waals surface area contributed by atoms with Crippen LogP contribution in [0.4, 0.5) is 0 Å². The Morgan fingerprint density at radius 1 is 1.35 bits per heavy atom. The molecule has 26 heavy (non-hydrogen) atoms. The molecule has 0 spiro atoms. The summed E-state index contributed by atoms with van der Waals surface area (Å²) in [5.74, 6) is -1.35. The SMILES string of the molecule is CC(C[CH]C(=O)NC1CCCN(C(=O)c2ccccc2)C[C@@H]1O)C(N)=O. The number of rotatable bonds is 6. The van der Waals surface area contributed by atoms with Gasteiger partial charge in [-0.25, -0.2) is 0 Å². The molecule has 1 heterocycles. The largest absolute Gasteiger partial charge is 0.389 e. The molecular formula is C19H26N3O4. The number of likely N-dealkylation sites (tertiary alicyclic amines) is 1. The van der Waals surface area contributed by atoms with E-state index in [2.05, 4.69) is 5.32 Å². The quantitative estimate of drug-likeness (QED) is 0.685. The summed E-state index contributed by atoms with van der Waals surface area (Å²) in [6.07, 6.45) is 2.03. The number of hydrogen-bond donors (Lipinski definition) is 3. The van der Waals surface area contributed by atoms with E-state index in [9.17, 15) is 19.5 Å². The second kappa shape index (κ2) is 9.33. The van der Waals surface area contributed by atoms with Gasteiger partial charge in [-0.05, 0) is 31.4 Å². The van der Waals surface area contributed by atoms with Crippen LogP contribution in [0.15, 0.2) is 30.3 Å². The first kappa shape index (κ1) is 19.9. The second-order valence-corrected chi connectivity index (χ2v) is 6.69. The number of aliphatic hydroxyl groups is 1. The Morgan fingerprint density at radius 2 is 2.04 bits per heavy atom. The van der Waals surface area contributed by atoms with Crippen LogP contribution >= 0.6 is 0 Å². The highest BCUT2D eigenvalue weighted by atomic mass is 16.3. The first-order valence-electron chi connectivity index (χ1n) is 8.84. The number of nitrogens with one attached hydrogen (secondary N) is 1. The number of β-amino-alcohol motifs (C(OH)–C–C–N with tert-alkyl or cyclic N) is 1. The van der Waals surface area contributed by atoms with Gasteiger partial charge in [0.25, 0.3) is 5.91 Å². The standard InChI is InChI=1S/C19H26N3O4/c1-13(18(20)25)9-10-17(24)21-15-8-5-11-22(12-16(15)23)19(26)14-6-3-2-4-7-14/h2-4,6-7,10,13,15-16,23H,5,8-9,11-12H2,1H3,(H2,20,25)(H,21,24)/t13?,15?,16-/m0/s1. The predicted molar refractivity (Wildman–Crippen MR) is 96.8 cm³/mol. The average Bonchev–Trinajstić information content (AvgIpc) is 2.81. The van der Waals surface area contributed by atoms with Crippen LogP contribution in [-0.4, -0.2) is 53.0 Å². The van der Waals surface area contributed by atoms with Crippen LogP contribution in [0.5, 0.6) is 0 Å². The van der Waals surface area contributed by atoms with Crippen molar-refractivity contribution < 1.29 is 19.5 Å². The number of amides is 3. The number of primary amides is 1. The van der Waals surface area contributed by atoms with Crippen LogP contribution in [0.1, 0.15) is 36.5 Å². The van der Waals surface area contributed by atoms with Gasteiger partial charge in [0.2, 0.25) is 11.8 Å². The van der Waals surface area contributed by atoms with Crippen molar-refractivity contribution in [1.29, 1.82) is 0 Å². The maximum atomic E-state index is 12.5. The third-order valence-corrected chi connectivity index (χ3v) is 4.59. The lowest BCUT2D eigenvalue weighted by Gasteiger charge is -2.25. The summed E-state index contributed by atoms with van der Waals surface area (Å²) in [5, 5.41) is 13.2. The molecule has 3 atom stereocenters. The molecule has 1 aliphatic heterocycles. The van der Waals surface area contributed by atoms with Crippen molar-refractivity contribution in [2.24, 2.45) is 11.7 Å². The zero-order chi connectivity index (χ0) is 19.1. The highest BCUT2D eigenvalue weighted by Gasteiger charge is 2.29. The van der Waals surface area contributed by atoms with Gasteiger partial charge in [-0.1, -0.05) is 25.1 Å². The van der Waals surface area contributed by atoms with Crippen molar-refractivity contribution in [3.63, 3.8) is 0 Å². The molecular weight excluding hydrogens is 334 g/mol. The van der Waals surface area contributed by atoms with E-state index in [1.807, 2.05) is 6.07 Å². The van der Waals surface area contributed by atoms with Gasteiger partial charge < -0.3 is 21.1 Å². The molecule has 7 heteroatoms. The molecule has 3 amide bonds. The van der Waals surface area contributed by atoms with Gasteiger partial charge in [-0.15, -0.1) is 0 Å². The van der Waals surface area contributed by atoms with Gasteiger partial charge in [0.1, 0.15) is 0 Å². The molecule has 1 fully saturated rings. The zero-order valence-corrected chi connectivity index (χ0v) is 14.9. The number of hydrogen-bond acceptors (Lipinski definition) is 4. The van der Waals surface area contributed by atoms with Crippen LogP contribution in [-0.2, 0) is 9.59 Å². The molecule has 2 unspecified atom stereocenters. The van der Waals surface area contributed by atoms with Gasteiger partial charge in [-0.2, -0.15) is 0 Å². The fourth-order valence-electron chi connectivity index (χ4n) is 2.90. The highest BCUT2D eigenvalue weighted by molar-refractivity contribution is 5.94. The fourth-order valence-corrected chi connectivity index (χ4v) is 2.90. The molecule has 7 nitrogen and oxygen atoms in total. The van der Waals surface area contributed by atoms with Crippen molar-refractivity contribution in [2.45, 2.75) is 38.3 Å². The number of carbonyl (C=O) groups excluding carboxylic acids is 3. The molecule has 1 aromatic carbocycles. The van der Waals surface area contributed by atoms with Gasteiger partial charge in [-0.3, -0.25) is 14.4 Å². The normalized spacial score (nSPS) is 21.5. The third kappa shape index (κ3) is 5.56. The Kier molecular flexibility index (Phi) is 7.15. The lowest BCUT2D eigenvalue weighted by molar-refractivity contribution is -0.121. The van der Waals surface area contributed by atoms with Crippen LogP contribution in [0.2, 0.25) is 0 Å². The fraction of sp³-hybridized carbons (Fsp3) is 0.474. The first-order valence-corrected chi connectivity index (χ1v) is 8.84. The van der Waals surface area contributed by atoms with E-state index in [0.29, 0.717) is 24.9 Å². The van der Waals surface area contributed by atoms with Crippen LogP contribution in [0.3, 0.4) is 0 Å². The topological polar surface area (TPSA) is 113 Å². The number of aliphatic hydroxyl groups excluding tert-OH is 1. The van der Waals surface area contributed by atoms with E-state index in [-0.39, 0.29) is 24.8 Å². The number of carbonyl (C=O) groups is 3. The summed E-state index contributed by atoms with van der Waals surface area (Å²) in [6.45, 7) is 2.34. The van der Waals surface area contributed by atoms with E-state index in [4.69, 9.17) is 5.73 Å². The van der Waals surface area contributed by atoms with Gasteiger partial charge in [0.15, 0.2) is 0 Å². The molecule has 0 aromatic heterocycles. The Bertz CT molecular complexity index is 635. The molecule has 1 radical (unpaired) electrons. The van der Waals surface area contributed by atoms with E-state index in [1.165, 1.54) is 6.42 Å². The maximum Gasteiger partial charge on any atom is 0.253 e. The minimum absolute atomic E-state index is 0.126. The molecule has 1 saturated heterocycles. The second-order valence-electron chi connectivity index (χ2n) is 6.69. The molecule has 1 aliphatic rings. The Morgan fingerprint density at radius 3 is 2.69 bits per heavy atom. The molecule has 0 bridgehead atoms. The highest BCUT2D eigenvalue weighted by Crippen LogP contribution is 2.15. The minimum atomic E-state index is -0.851. The number of benzene rings is 1. The van der Waals surface area contributed by atoms with Crippen LogP contribution in [0, 0.1) is 12.3 Å². The zero-order valence-electron chi connectivity index (χ0n) is 14.9. The van der Waals surface area contributed by atoms with E-state index < -0.39 is 24.0 Å². The Balaban J connectivity index is 1.88. The van der Waals surface area contributed by atoms with Crippen LogP contribution < -0.4 is 11.1 Å². The Hall–Kier alpha value is -2.41. The monoisotopic (exact) mass is 360 g/mol. The van der Waals surface area contributed by atoms with Gasteiger partial charge in [0.05, 0.1) is 18.6 Å². The van der Waals surface area contributed by atoms with E-state index >= 15 is 0 Å². The molecule has 1 aromatic rings. The van der Waals surface area contributed by atoms with E-state index in [0.717, 1.165) is 0 Å². The molecule has 2 rings (SSSR count). The summed E-state index contributed by atoms with van der Waals surface area (Å²) in [7, 11) is 0. The molecule has 0 saturated carbocycles. The van der Waals surface area contributed by atoms with Crippen molar-refractivity contribution >= 4 is 17.7 Å². The molecule has 141 valence electrons. The van der Waals surface area contributed by atoms with Gasteiger partial charge in [0, 0.05) is 24.6 Å². The average molecular weight is 360 g/mol. The summed E-state index contributed by atoms with van der Waals surface area (Å²) in [6, 6.07) is 8.49. The van der Waals surface area contributed by atoms with Crippen molar-refractivity contribution in [1.82, 2.24) is 10.2 Å². The minimum Gasteiger partial charge on any atom is -0.389 e. The third-order valence-electron chi connectivity index (χ3n) is 4.59. The smallest absolute Gasteiger partial charge is 0.253 e. The lowest BCUT2D eigenvalue weighted by atomic mass is 10.0. The van der Waals surface area contributed by atoms with E-state index in [1.54, 1.807) is 36.1 Å². The lowest BCUT2D eigenvalue weighted by Crippen LogP contribution is -2.47. The molecule has 4 N–H and O–H groups in total.